The number of rotatable bonds is 0. The maximum atomic E-state index is 3.75. The van der Waals surface area contributed by atoms with Crippen LogP contribution in [0.2, 0.25) is 0 Å². The smallest absolute Gasteiger partial charge is 0.0313 e. The zero-order chi connectivity index (χ0) is 7.30. The second kappa shape index (κ2) is 2.74. The molecule has 0 nitrogen and oxygen atoms in total. The summed E-state index contributed by atoms with van der Waals surface area (Å²) in [6.07, 6.45) is 2.80. The van der Waals surface area contributed by atoms with E-state index in [-0.39, 0.29) is 0 Å². The first kappa shape index (κ1) is 8.06. The highest BCUT2D eigenvalue weighted by molar-refractivity contribution is 9.12. The van der Waals surface area contributed by atoms with Crippen LogP contribution in [0.5, 0.6) is 0 Å². The summed E-state index contributed by atoms with van der Waals surface area (Å²) in [5, 5.41) is 0. The Morgan fingerprint density at radius 3 is 1.30 bits per heavy atom. The first-order valence-electron chi connectivity index (χ1n) is 3.64. The van der Waals surface area contributed by atoms with Gasteiger partial charge in [0, 0.05) is 14.5 Å². The lowest BCUT2D eigenvalue weighted by atomic mass is 10.0. The van der Waals surface area contributed by atoms with Crippen LogP contribution in [-0.2, 0) is 0 Å². The van der Waals surface area contributed by atoms with Crippen molar-refractivity contribution in [3.8, 4) is 0 Å². The first-order valence-corrected chi connectivity index (χ1v) is 6.38. The highest BCUT2D eigenvalue weighted by atomic mass is 79.9. The van der Waals surface area contributed by atoms with Gasteiger partial charge in [-0.1, -0.05) is 47.8 Å². The summed E-state index contributed by atoms with van der Waals surface area (Å²) in [5.74, 6) is 1.74. The Morgan fingerprint density at radius 1 is 0.700 bits per heavy atom. The van der Waals surface area contributed by atoms with Crippen LogP contribution in [0.4, 0.5) is 0 Å². The van der Waals surface area contributed by atoms with E-state index in [0.717, 1.165) is 16.7 Å². The standard InChI is InChI=1S/C7H9Br3/c8-5-3-1-2-4(5)7(10)6(3)9/h3-7H,1-2H2/t3-,4+,5?,6-,7+. The van der Waals surface area contributed by atoms with E-state index in [0.29, 0.717) is 9.65 Å². The molecule has 58 valence electrons. The van der Waals surface area contributed by atoms with Gasteiger partial charge in [0.1, 0.15) is 0 Å². The van der Waals surface area contributed by atoms with Crippen molar-refractivity contribution in [1.29, 1.82) is 0 Å². The molecule has 0 aromatic rings. The molecule has 0 heterocycles. The predicted molar refractivity (Wildman–Crippen MR) is 54.4 cm³/mol. The van der Waals surface area contributed by atoms with Gasteiger partial charge in [0.25, 0.3) is 0 Å². The van der Waals surface area contributed by atoms with Gasteiger partial charge < -0.3 is 0 Å². The van der Waals surface area contributed by atoms with Crippen LogP contribution in [0.1, 0.15) is 12.8 Å². The van der Waals surface area contributed by atoms with Gasteiger partial charge in [0.15, 0.2) is 0 Å². The molecule has 2 saturated carbocycles. The highest BCUT2D eigenvalue weighted by Crippen LogP contribution is 2.54. The van der Waals surface area contributed by atoms with E-state index >= 15 is 0 Å². The van der Waals surface area contributed by atoms with E-state index < -0.39 is 0 Å². The normalized spacial score (nSPS) is 59.7. The molecule has 0 aliphatic heterocycles. The van der Waals surface area contributed by atoms with E-state index in [4.69, 9.17) is 0 Å². The molecule has 10 heavy (non-hydrogen) atoms. The monoisotopic (exact) mass is 330 g/mol. The Kier molecular flexibility index (Phi) is 2.20. The van der Waals surface area contributed by atoms with Crippen LogP contribution >= 0.6 is 47.8 Å². The molecular formula is C7H9Br3. The van der Waals surface area contributed by atoms with Crippen molar-refractivity contribution in [2.45, 2.75) is 27.3 Å². The molecule has 2 bridgehead atoms. The molecule has 2 aliphatic carbocycles. The summed E-state index contributed by atoms with van der Waals surface area (Å²) in [6, 6.07) is 0. The summed E-state index contributed by atoms with van der Waals surface area (Å²) < 4.78 is 0. The molecule has 0 aromatic heterocycles. The molecule has 5 atom stereocenters. The number of fused-ring (bicyclic) bond motifs is 2. The van der Waals surface area contributed by atoms with Crippen molar-refractivity contribution in [3.05, 3.63) is 0 Å². The van der Waals surface area contributed by atoms with Crippen molar-refractivity contribution >= 4 is 47.8 Å². The maximum absolute atomic E-state index is 3.75. The lowest BCUT2D eigenvalue weighted by Gasteiger charge is -2.20. The van der Waals surface area contributed by atoms with Gasteiger partial charge in [-0.25, -0.2) is 0 Å². The molecule has 0 saturated heterocycles. The molecule has 1 unspecified atom stereocenters. The SMILES string of the molecule is BrC1[C@H]2CC[C@@H]1[C@H](Br)[C@@H]2Br. The topological polar surface area (TPSA) is 0 Å². The van der Waals surface area contributed by atoms with E-state index in [2.05, 4.69) is 47.8 Å². The van der Waals surface area contributed by atoms with Crippen molar-refractivity contribution < 1.29 is 0 Å². The Labute approximate surface area is 86.5 Å². The summed E-state index contributed by atoms with van der Waals surface area (Å²) >= 11 is 11.2. The second-order valence-corrected chi connectivity index (χ2v) is 6.41. The van der Waals surface area contributed by atoms with Crippen molar-refractivity contribution in [1.82, 2.24) is 0 Å². The van der Waals surface area contributed by atoms with Gasteiger partial charge in [0.2, 0.25) is 0 Å². The molecule has 0 amide bonds. The zero-order valence-electron chi connectivity index (χ0n) is 5.43. The fourth-order valence-electron chi connectivity index (χ4n) is 2.16. The Balaban J connectivity index is 2.21. The van der Waals surface area contributed by atoms with E-state index in [1.54, 1.807) is 0 Å². The third-order valence-corrected chi connectivity index (χ3v) is 7.34. The summed E-state index contributed by atoms with van der Waals surface area (Å²) in [5.41, 5.74) is 0. The summed E-state index contributed by atoms with van der Waals surface area (Å²) in [4.78, 5) is 2.17. The second-order valence-electron chi connectivity index (χ2n) is 3.24. The summed E-state index contributed by atoms with van der Waals surface area (Å²) in [7, 11) is 0. The number of hydrogen-bond acceptors (Lipinski definition) is 0. The van der Waals surface area contributed by atoms with Gasteiger partial charge in [-0.3, -0.25) is 0 Å². The number of halogens is 3. The van der Waals surface area contributed by atoms with E-state index in [9.17, 15) is 0 Å². The molecule has 2 aliphatic rings. The minimum atomic E-state index is 0.704. The lowest BCUT2D eigenvalue weighted by Crippen LogP contribution is -2.21. The van der Waals surface area contributed by atoms with Crippen LogP contribution < -0.4 is 0 Å². The minimum Gasteiger partial charge on any atom is -0.0884 e. The fourth-order valence-corrected chi connectivity index (χ4v) is 6.14. The Bertz CT molecular complexity index is 124. The van der Waals surface area contributed by atoms with Crippen LogP contribution in [0.25, 0.3) is 0 Å². The largest absolute Gasteiger partial charge is 0.0884 e. The third-order valence-electron chi connectivity index (χ3n) is 2.77. The number of alkyl halides is 3. The van der Waals surface area contributed by atoms with Crippen molar-refractivity contribution in [3.63, 3.8) is 0 Å². The van der Waals surface area contributed by atoms with Gasteiger partial charge in [0.05, 0.1) is 0 Å². The van der Waals surface area contributed by atoms with Crippen LogP contribution in [0.3, 0.4) is 0 Å². The average Bonchev–Trinajstić information content (AvgIpc) is 2.34. The zero-order valence-corrected chi connectivity index (χ0v) is 10.2. The van der Waals surface area contributed by atoms with Crippen LogP contribution in [0, 0.1) is 11.8 Å². The minimum absolute atomic E-state index is 0.704. The molecular weight excluding hydrogens is 324 g/mol. The van der Waals surface area contributed by atoms with Crippen molar-refractivity contribution in [2.24, 2.45) is 11.8 Å². The van der Waals surface area contributed by atoms with Gasteiger partial charge >= 0.3 is 0 Å². The van der Waals surface area contributed by atoms with Gasteiger partial charge in [-0.2, -0.15) is 0 Å². The van der Waals surface area contributed by atoms with Gasteiger partial charge in [-0.05, 0) is 24.7 Å². The van der Waals surface area contributed by atoms with Gasteiger partial charge in [-0.15, -0.1) is 0 Å². The lowest BCUT2D eigenvalue weighted by molar-refractivity contribution is 0.514. The maximum Gasteiger partial charge on any atom is 0.0313 e. The van der Waals surface area contributed by atoms with Crippen molar-refractivity contribution in [2.75, 3.05) is 0 Å². The summed E-state index contributed by atoms with van der Waals surface area (Å²) in [6.45, 7) is 0. The molecule has 0 radical (unpaired) electrons. The first-order chi connectivity index (χ1) is 4.72. The molecule has 0 spiro atoms. The quantitative estimate of drug-likeness (QED) is 0.597. The number of hydrogen-bond donors (Lipinski definition) is 0. The molecule has 2 fully saturated rings. The van der Waals surface area contributed by atoms with Crippen LogP contribution in [-0.4, -0.2) is 14.5 Å². The fraction of sp³-hybridized carbons (Fsp3) is 1.00. The van der Waals surface area contributed by atoms with Crippen LogP contribution in [0.15, 0.2) is 0 Å². The highest BCUT2D eigenvalue weighted by Gasteiger charge is 2.51. The van der Waals surface area contributed by atoms with E-state index in [1.807, 2.05) is 0 Å². The molecule has 0 aromatic carbocycles. The molecule has 0 N–H and O–H groups in total. The average molecular weight is 333 g/mol. The molecule has 3 heteroatoms. The Morgan fingerprint density at radius 2 is 1.10 bits per heavy atom. The molecule has 2 rings (SSSR count). The Hall–Kier alpha value is 1.44. The third kappa shape index (κ3) is 0.962. The predicted octanol–water partition coefficient (Wildman–Crippen LogP) is 3.32. The van der Waals surface area contributed by atoms with E-state index in [1.165, 1.54) is 12.8 Å².